The molecule has 0 saturated carbocycles. The van der Waals surface area contributed by atoms with Crippen LogP contribution in [-0.4, -0.2) is 59.2 Å². The van der Waals surface area contributed by atoms with Crippen LogP contribution in [0, 0.1) is 0 Å². The van der Waals surface area contributed by atoms with Gasteiger partial charge in [0.25, 0.3) is 0 Å². The van der Waals surface area contributed by atoms with Crippen LogP contribution in [0.5, 0.6) is 0 Å². The Morgan fingerprint density at radius 2 is 2.14 bits per heavy atom. The van der Waals surface area contributed by atoms with E-state index < -0.39 is 11.5 Å². The van der Waals surface area contributed by atoms with E-state index in [4.69, 9.17) is 0 Å². The van der Waals surface area contributed by atoms with E-state index in [0.717, 1.165) is 44.1 Å². The van der Waals surface area contributed by atoms with Crippen molar-refractivity contribution in [2.75, 3.05) is 37.7 Å². The smallest absolute Gasteiger partial charge is 0.325 e. The molecule has 2 aliphatic heterocycles. The number of hydrogen-bond donors (Lipinski definition) is 2. The Hall–Kier alpha value is -0.260. The lowest BCUT2D eigenvalue weighted by atomic mass is 9.96. The van der Waals surface area contributed by atoms with Crippen LogP contribution in [-0.2, 0) is 4.79 Å². The summed E-state index contributed by atoms with van der Waals surface area (Å²) in [6, 6.07) is 0. The third kappa shape index (κ3) is 1.64. The first-order chi connectivity index (χ1) is 6.76. The van der Waals surface area contributed by atoms with Crippen LogP contribution in [0.4, 0.5) is 0 Å². The predicted octanol–water partition coefficient (Wildman–Crippen LogP) is -0.148. The highest BCUT2D eigenvalue weighted by atomic mass is 32.2. The average molecular weight is 216 g/mol. The maximum Gasteiger partial charge on any atom is 0.325 e. The zero-order chi connectivity index (χ0) is 10.0. The van der Waals surface area contributed by atoms with Gasteiger partial charge in [0, 0.05) is 31.9 Å². The van der Waals surface area contributed by atoms with Gasteiger partial charge >= 0.3 is 5.97 Å². The van der Waals surface area contributed by atoms with Gasteiger partial charge < -0.3 is 10.4 Å². The molecule has 0 aromatic carbocycles. The van der Waals surface area contributed by atoms with Gasteiger partial charge in [0.15, 0.2) is 0 Å². The molecule has 0 aromatic heterocycles. The van der Waals surface area contributed by atoms with Crippen LogP contribution in [0.1, 0.15) is 6.42 Å². The van der Waals surface area contributed by atoms with E-state index in [2.05, 4.69) is 10.2 Å². The van der Waals surface area contributed by atoms with Gasteiger partial charge in [-0.2, -0.15) is 11.8 Å². The summed E-state index contributed by atoms with van der Waals surface area (Å²) in [5, 5.41) is 12.6. The monoisotopic (exact) mass is 216 g/mol. The summed E-state index contributed by atoms with van der Waals surface area (Å²) in [4.78, 5) is 13.5. The van der Waals surface area contributed by atoms with Crippen LogP contribution in [0.3, 0.4) is 0 Å². The van der Waals surface area contributed by atoms with E-state index in [9.17, 15) is 9.90 Å². The number of nitrogens with one attached hydrogen (secondary N) is 1. The van der Waals surface area contributed by atoms with Gasteiger partial charge in [-0.1, -0.05) is 0 Å². The molecule has 2 heterocycles. The molecular weight excluding hydrogens is 200 g/mol. The molecule has 4 nitrogen and oxygen atoms in total. The highest BCUT2D eigenvalue weighted by Gasteiger charge is 2.46. The second kappa shape index (κ2) is 4.08. The molecule has 1 atom stereocenters. The molecule has 14 heavy (non-hydrogen) atoms. The average Bonchev–Trinajstić information content (AvgIpc) is 2.69. The van der Waals surface area contributed by atoms with Crippen LogP contribution in [0.25, 0.3) is 0 Å². The minimum atomic E-state index is -0.635. The molecular formula is C9H16N2O2S. The van der Waals surface area contributed by atoms with E-state index in [1.54, 1.807) is 11.8 Å². The summed E-state index contributed by atoms with van der Waals surface area (Å²) < 4.78 is 0. The van der Waals surface area contributed by atoms with Crippen molar-refractivity contribution in [3.05, 3.63) is 0 Å². The SMILES string of the molecule is O=C(O)C1(N2CCNCC2)CCSC1. The number of carboxylic acids is 1. The minimum absolute atomic E-state index is 0.563. The molecule has 0 radical (unpaired) electrons. The minimum Gasteiger partial charge on any atom is -0.480 e. The van der Waals surface area contributed by atoms with Crippen LogP contribution in [0.15, 0.2) is 0 Å². The Labute approximate surface area is 88.0 Å². The standard InChI is InChI=1S/C9H16N2O2S/c12-8(13)9(1-6-14-7-9)11-4-2-10-3-5-11/h10H,1-7H2,(H,12,13). The van der Waals surface area contributed by atoms with Crippen molar-refractivity contribution in [3.8, 4) is 0 Å². The van der Waals surface area contributed by atoms with E-state index in [1.807, 2.05) is 0 Å². The first-order valence-electron chi connectivity index (χ1n) is 5.03. The van der Waals surface area contributed by atoms with Crippen molar-refractivity contribution in [2.24, 2.45) is 0 Å². The van der Waals surface area contributed by atoms with E-state index >= 15 is 0 Å². The fraction of sp³-hybridized carbons (Fsp3) is 0.889. The highest BCUT2D eigenvalue weighted by Crippen LogP contribution is 2.33. The first kappa shape index (κ1) is 10.3. The van der Waals surface area contributed by atoms with Gasteiger partial charge in [-0.05, 0) is 12.2 Å². The molecule has 80 valence electrons. The summed E-state index contributed by atoms with van der Waals surface area (Å²) >= 11 is 1.76. The van der Waals surface area contributed by atoms with Gasteiger partial charge in [0.2, 0.25) is 0 Å². The van der Waals surface area contributed by atoms with Crippen molar-refractivity contribution < 1.29 is 9.90 Å². The number of carboxylic acid groups (broad SMARTS) is 1. The maximum atomic E-state index is 11.3. The number of rotatable bonds is 2. The van der Waals surface area contributed by atoms with Gasteiger partial charge in [0.1, 0.15) is 5.54 Å². The highest BCUT2D eigenvalue weighted by molar-refractivity contribution is 7.99. The number of aliphatic carboxylic acids is 1. The molecule has 0 amide bonds. The van der Waals surface area contributed by atoms with Crippen LogP contribution >= 0.6 is 11.8 Å². The van der Waals surface area contributed by atoms with E-state index in [-0.39, 0.29) is 0 Å². The van der Waals surface area contributed by atoms with Gasteiger partial charge in [0.05, 0.1) is 0 Å². The Morgan fingerprint density at radius 1 is 1.43 bits per heavy atom. The Kier molecular flexibility index (Phi) is 2.99. The zero-order valence-electron chi connectivity index (χ0n) is 8.16. The lowest BCUT2D eigenvalue weighted by Gasteiger charge is -2.39. The molecule has 2 fully saturated rings. The molecule has 2 saturated heterocycles. The Bertz CT molecular complexity index is 223. The summed E-state index contributed by atoms with van der Waals surface area (Å²) in [7, 11) is 0. The fourth-order valence-corrected chi connectivity index (χ4v) is 3.61. The van der Waals surface area contributed by atoms with Crippen molar-refractivity contribution in [3.63, 3.8) is 0 Å². The summed E-state index contributed by atoms with van der Waals surface area (Å²) in [6.45, 7) is 3.57. The molecule has 2 aliphatic rings. The molecule has 1 unspecified atom stereocenters. The zero-order valence-corrected chi connectivity index (χ0v) is 8.98. The number of hydrogen-bond acceptors (Lipinski definition) is 4. The van der Waals surface area contributed by atoms with Crippen LogP contribution < -0.4 is 5.32 Å². The third-order valence-electron chi connectivity index (χ3n) is 3.12. The molecule has 2 rings (SSSR count). The topological polar surface area (TPSA) is 52.6 Å². The molecule has 0 aromatic rings. The number of piperazine rings is 1. The molecule has 0 bridgehead atoms. The first-order valence-corrected chi connectivity index (χ1v) is 6.18. The Morgan fingerprint density at radius 3 is 2.64 bits per heavy atom. The Balaban J connectivity index is 2.12. The summed E-state index contributed by atoms with van der Waals surface area (Å²) in [6.07, 6.45) is 0.799. The number of nitrogens with zero attached hydrogens (tertiary/aromatic N) is 1. The number of carbonyl (C=O) groups is 1. The number of thioether (sulfide) groups is 1. The molecule has 2 N–H and O–H groups in total. The van der Waals surface area contributed by atoms with Crippen molar-refractivity contribution in [1.82, 2.24) is 10.2 Å². The van der Waals surface area contributed by atoms with Crippen LogP contribution in [0.2, 0.25) is 0 Å². The van der Waals surface area contributed by atoms with Crippen molar-refractivity contribution in [2.45, 2.75) is 12.0 Å². The second-order valence-electron chi connectivity index (χ2n) is 3.88. The van der Waals surface area contributed by atoms with Crippen molar-refractivity contribution in [1.29, 1.82) is 0 Å². The lowest BCUT2D eigenvalue weighted by Crippen LogP contribution is -2.60. The summed E-state index contributed by atoms with van der Waals surface area (Å²) in [5.74, 6) is 1.10. The fourth-order valence-electron chi connectivity index (χ4n) is 2.20. The lowest BCUT2D eigenvalue weighted by molar-refractivity contribution is -0.150. The van der Waals surface area contributed by atoms with Gasteiger partial charge in [-0.15, -0.1) is 0 Å². The third-order valence-corrected chi connectivity index (χ3v) is 4.30. The normalized spacial score (nSPS) is 34.6. The molecule has 0 aliphatic carbocycles. The van der Waals surface area contributed by atoms with E-state index in [1.165, 1.54) is 0 Å². The maximum absolute atomic E-state index is 11.3. The van der Waals surface area contributed by atoms with Crippen molar-refractivity contribution >= 4 is 17.7 Å². The van der Waals surface area contributed by atoms with Gasteiger partial charge in [-0.25, -0.2) is 0 Å². The van der Waals surface area contributed by atoms with Gasteiger partial charge in [-0.3, -0.25) is 9.69 Å². The molecule has 5 heteroatoms. The predicted molar refractivity (Wildman–Crippen MR) is 56.8 cm³/mol. The largest absolute Gasteiger partial charge is 0.480 e. The molecule has 0 spiro atoms. The van der Waals surface area contributed by atoms with E-state index in [0.29, 0.717) is 0 Å². The second-order valence-corrected chi connectivity index (χ2v) is 4.98. The quantitative estimate of drug-likeness (QED) is 0.672. The summed E-state index contributed by atoms with van der Waals surface area (Å²) in [5.41, 5.74) is -0.563.